The highest BCUT2D eigenvalue weighted by Crippen LogP contribution is 2.21. The van der Waals surface area contributed by atoms with Crippen LogP contribution in [0.5, 0.6) is 0 Å². The van der Waals surface area contributed by atoms with Gasteiger partial charge in [0.15, 0.2) is 11.6 Å². The van der Waals surface area contributed by atoms with Gasteiger partial charge in [0.1, 0.15) is 0 Å². The van der Waals surface area contributed by atoms with E-state index in [-0.39, 0.29) is 6.04 Å². The highest BCUT2D eigenvalue weighted by Gasteiger charge is 2.15. The van der Waals surface area contributed by atoms with Gasteiger partial charge in [0, 0.05) is 11.6 Å². The summed E-state index contributed by atoms with van der Waals surface area (Å²) in [6, 6.07) is 3.10. The molecule has 0 radical (unpaired) electrons. The molecule has 0 aliphatic heterocycles. The first-order valence-corrected chi connectivity index (χ1v) is 5.25. The molecule has 1 aromatic rings. The molecule has 84 valence electrons. The van der Waals surface area contributed by atoms with Gasteiger partial charge < -0.3 is 5.32 Å². The summed E-state index contributed by atoms with van der Waals surface area (Å²) < 4.78 is 26.8. The van der Waals surface area contributed by atoms with E-state index in [2.05, 4.69) is 5.32 Å². The Hall–Kier alpha value is -0.960. The summed E-state index contributed by atoms with van der Waals surface area (Å²) in [4.78, 5) is 0. The second-order valence-electron chi connectivity index (χ2n) is 3.78. The van der Waals surface area contributed by atoms with Gasteiger partial charge in [-0.05, 0) is 32.4 Å². The van der Waals surface area contributed by atoms with E-state index in [0.717, 1.165) is 13.0 Å². The SMILES string of the molecule is CCCNC(C)c1ccc(C)c(F)c1F. The van der Waals surface area contributed by atoms with Crippen LogP contribution >= 0.6 is 0 Å². The summed E-state index contributed by atoms with van der Waals surface area (Å²) in [7, 11) is 0. The molecule has 15 heavy (non-hydrogen) atoms. The minimum atomic E-state index is -0.738. The standard InChI is InChI=1S/C12H17F2N/c1-4-7-15-9(3)10-6-5-8(2)11(13)12(10)14/h5-6,9,15H,4,7H2,1-3H3. The Morgan fingerprint density at radius 1 is 1.27 bits per heavy atom. The predicted molar refractivity (Wildman–Crippen MR) is 57.8 cm³/mol. The number of hydrogen-bond acceptors (Lipinski definition) is 1. The van der Waals surface area contributed by atoms with Crippen LogP contribution in [0.4, 0.5) is 8.78 Å². The van der Waals surface area contributed by atoms with E-state index in [9.17, 15) is 8.78 Å². The average molecular weight is 213 g/mol. The number of benzene rings is 1. The van der Waals surface area contributed by atoms with Crippen LogP contribution < -0.4 is 5.32 Å². The topological polar surface area (TPSA) is 12.0 Å². The molecule has 0 aliphatic carbocycles. The van der Waals surface area contributed by atoms with Gasteiger partial charge in [0.05, 0.1) is 0 Å². The Kier molecular flexibility index (Phi) is 4.21. The quantitative estimate of drug-likeness (QED) is 0.808. The van der Waals surface area contributed by atoms with Gasteiger partial charge >= 0.3 is 0 Å². The molecule has 1 N–H and O–H groups in total. The third-order valence-corrected chi connectivity index (χ3v) is 2.47. The van der Waals surface area contributed by atoms with Gasteiger partial charge in [-0.2, -0.15) is 0 Å². The highest BCUT2D eigenvalue weighted by atomic mass is 19.2. The van der Waals surface area contributed by atoms with Crippen molar-refractivity contribution >= 4 is 0 Å². The zero-order valence-corrected chi connectivity index (χ0v) is 9.40. The van der Waals surface area contributed by atoms with Gasteiger partial charge in [-0.25, -0.2) is 8.78 Å². The lowest BCUT2D eigenvalue weighted by atomic mass is 10.0. The van der Waals surface area contributed by atoms with Crippen LogP contribution in [0.15, 0.2) is 12.1 Å². The third-order valence-electron chi connectivity index (χ3n) is 2.47. The minimum absolute atomic E-state index is 0.153. The molecule has 0 saturated carbocycles. The maximum absolute atomic E-state index is 13.5. The number of hydrogen-bond donors (Lipinski definition) is 1. The summed E-state index contributed by atoms with van der Waals surface area (Å²) in [5.41, 5.74) is 0.741. The van der Waals surface area contributed by atoms with E-state index < -0.39 is 11.6 Å². The van der Waals surface area contributed by atoms with Crippen molar-refractivity contribution < 1.29 is 8.78 Å². The normalized spacial score (nSPS) is 12.9. The lowest BCUT2D eigenvalue weighted by Gasteiger charge is -2.15. The van der Waals surface area contributed by atoms with Gasteiger partial charge in [-0.3, -0.25) is 0 Å². The smallest absolute Gasteiger partial charge is 0.163 e. The second-order valence-corrected chi connectivity index (χ2v) is 3.78. The number of aryl methyl sites for hydroxylation is 1. The molecule has 1 atom stereocenters. The second kappa shape index (κ2) is 5.21. The van der Waals surface area contributed by atoms with Gasteiger partial charge in [-0.15, -0.1) is 0 Å². The Balaban J connectivity index is 2.90. The number of halogens is 2. The summed E-state index contributed by atoms with van der Waals surface area (Å²) in [5.74, 6) is -1.47. The van der Waals surface area contributed by atoms with Crippen LogP contribution in [0.25, 0.3) is 0 Å². The van der Waals surface area contributed by atoms with Gasteiger partial charge in [0.25, 0.3) is 0 Å². The minimum Gasteiger partial charge on any atom is -0.310 e. The summed E-state index contributed by atoms with van der Waals surface area (Å²) in [6.45, 7) is 6.23. The highest BCUT2D eigenvalue weighted by molar-refractivity contribution is 5.27. The Morgan fingerprint density at radius 2 is 1.93 bits per heavy atom. The van der Waals surface area contributed by atoms with Crippen molar-refractivity contribution in [3.8, 4) is 0 Å². The predicted octanol–water partition coefficient (Wildman–Crippen LogP) is 3.33. The zero-order valence-electron chi connectivity index (χ0n) is 9.40. The first-order chi connectivity index (χ1) is 7.07. The fraction of sp³-hybridized carbons (Fsp3) is 0.500. The molecule has 1 rings (SSSR count). The number of rotatable bonds is 4. The van der Waals surface area contributed by atoms with Gasteiger partial charge in [0.2, 0.25) is 0 Å². The molecule has 0 aliphatic rings. The molecule has 1 unspecified atom stereocenters. The molecule has 0 spiro atoms. The van der Waals surface area contributed by atoms with Crippen molar-refractivity contribution in [2.24, 2.45) is 0 Å². The summed E-state index contributed by atoms with van der Waals surface area (Å²) in [6.07, 6.45) is 0.973. The van der Waals surface area contributed by atoms with Crippen LogP contribution in [0.2, 0.25) is 0 Å². The van der Waals surface area contributed by atoms with E-state index in [4.69, 9.17) is 0 Å². The van der Waals surface area contributed by atoms with Crippen molar-refractivity contribution in [2.45, 2.75) is 33.2 Å². The average Bonchev–Trinajstić information content (AvgIpc) is 2.23. The van der Waals surface area contributed by atoms with E-state index in [0.29, 0.717) is 11.1 Å². The molecule has 1 aromatic carbocycles. The Labute approximate surface area is 89.5 Å². The third kappa shape index (κ3) is 2.75. The Bertz CT molecular complexity index is 337. The fourth-order valence-electron chi connectivity index (χ4n) is 1.47. The van der Waals surface area contributed by atoms with Crippen molar-refractivity contribution in [1.29, 1.82) is 0 Å². The zero-order chi connectivity index (χ0) is 11.4. The summed E-state index contributed by atoms with van der Waals surface area (Å²) >= 11 is 0. The van der Waals surface area contributed by atoms with Crippen molar-refractivity contribution in [2.75, 3.05) is 6.54 Å². The van der Waals surface area contributed by atoms with Crippen LogP contribution in [0, 0.1) is 18.6 Å². The van der Waals surface area contributed by atoms with Crippen molar-refractivity contribution in [1.82, 2.24) is 5.32 Å². The molecule has 0 aromatic heterocycles. The fourth-order valence-corrected chi connectivity index (χ4v) is 1.47. The van der Waals surface area contributed by atoms with Crippen LogP contribution in [-0.2, 0) is 0 Å². The molecule has 0 fully saturated rings. The molecule has 0 saturated heterocycles. The summed E-state index contributed by atoms with van der Waals surface area (Å²) in [5, 5.41) is 3.13. The molecule has 1 nitrogen and oxygen atoms in total. The maximum Gasteiger partial charge on any atom is 0.163 e. The van der Waals surface area contributed by atoms with E-state index in [1.807, 2.05) is 13.8 Å². The monoisotopic (exact) mass is 213 g/mol. The molecular formula is C12H17F2N. The first-order valence-electron chi connectivity index (χ1n) is 5.25. The molecule has 0 amide bonds. The molecular weight excluding hydrogens is 196 g/mol. The molecule has 3 heteroatoms. The van der Waals surface area contributed by atoms with Crippen molar-refractivity contribution in [3.05, 3.63) is 34.9 Å². The van der Waals surface area contributed by atoms with Crippen LogP contribution in [0.3, 0.4) is 0 Å². The van der Waals surface area contributed by atoms with Gasteiger partial charge in [-0.1, -0.05) is 19.1 Å². The lowest BCUT2D eigenvalue weighted by Crippen LogP contribution is -2.20. The van der Waals surface area contributed by atoms with E-state index in [1.54, 1.807) is 19.1 Å². The van der Waals surface area contributed by atoms with E-state index in [1.165, 1.54) is 0 Å². The maximum atomic E-state index is 13.5. The lowest BCUT2D eigenvalue weighted by molar-refractivity contribution is 0.469. The van der Waals surface area contributed by atoms with Crippen LogP contribution in [0.1, 0.15) is 37.4 Å². The van der Waals surface area contributed by atoms with Crippen LogP contribution in [-0.4, -0.2) is 6.54 Å². The number of nitrogens with one attached hydrogen (secondary N) is 1. The molecule has 0 heterocycles. The first kappa shape index (κ1) is 12.1. The van der Waals surface area contributed by atoms with E-state index >= 15 is 0 Å². The largest absolute Gasteiger partial charge is 0.310 e. The van der Waals surface area contributed by atoms with Crippen molar-refractivity contribution in [3.63, 3.8) is 0 Å². The molecule has 0 bridgehead atoms. The Morgan fingerprint density at radius 3 is 2.53 bits per heavy atom.